The van der Waals surface area contributed by atoms with Crippen LogP contribution in [0.3, 0.4) is 0 Å². The molecule has 0 aliphatic heterocycles. The van der Waals surface area contributed by atoms with Crippen molar-refractivity contribution < 1.29 is 14.2 Å². The van der Waals surface area contributed by atoms with Crippen molar-refractivity contribution in [1.29, 1.82) is 0 Å². The average Bonchev–Trinajstić information content (AvgIpc) is 1.83. The van der Waals surface area contributed by atoms with Gasteiger partial charge in [0.1, 0.15) is 13.3 Å². The Morgan fingerprint density at radius 3 is 2.27 bits per heavy atom. The van der Waals surface area contributed by atoms with Crippen LogP contribution in [0, 0.1) is 5.92 Å². The fourth-order valence-electron chi connectivity index (χ4n) is 0.642. The summed E-state index contributed by atoms with van der Waals surface area (Å²) in [6.07, 6.45) is 0. The van der Waals surface area contributed by atoms with Crippen molar-refractivity contribution >= 4 is 7.72 Å². The normalized spacial score (nSPS) is 15.0. The van der Waals surface area contributed by atoms with Crippen LogP contribution in [0.25, 0.3) is 0 Å². The molecular weight excluding hydrogens is 163 g/mol. The van der Waals surface area contributed by atoms with Crippen LogP contribution in [-0.2, 0) is 9.26 Å². The van der Waals surface area contributed by atoms with Gasteiger partial charge in [0.25, 0.3) is 7.72 Å². The Balaban J connectivity index is 3.38. The van der Waals surface area contributed by atoms with Gasteiger partial charge in [-0.1, -0.05) is 6.92 Å². The van der Waals surface area contributed by atoms with Gasteiger partial charge in [0.2, 0.25) is 0 Å². The Hall–Kier alpha value is 0.310. The molecule has 0 aromatic rings. The Morgan fingerprint density at radius 1 is 1.36 bits per heavy atom. The molecule has 0 saturated heterocycles. The average molecular weight is 181 g/mol. The van der Waals surface area contributed by atoms with Crippen LogP contribution < -0.4 is 0 Å². The fourth-order valence-corrected chi connectivity index (χ4v) is 1.26. The number of ether oxygens (including phenoxy) is 1. The predicted octanol–water partition coefficient (Wildman–Crippen LogP) is 1.39. The third kappa shape index (κ3) is 8.21. The molecule has 3 nitrogen and oxygen atoms in total. The maximum absolute atomic E-state index is 9.28. The van der Waals surface area contributed by atoms with E-state index in [1.165, 1.54) is 0 Å². The highest BCUT2D eigenvalue weighted by molar-refractivity contribution is 7.63. The smallest absolute Gasteiger partial charge is 0.265 e. The Kier molecular flexibility index (Phi) is 5.19. The van der Waals surface area contributed by atoms with Crippen molar-refractivity contribution in [3.8, 4) is 0 Å². The van der Waals surface area contributed by atoms with Gasteiger partial charge in [-0.25, -0.2) is 9.42 Å². The summed E-state index contributed by atoms with van der Waals surface area (Å²) in [7, 11) is -0.386. The highest BCUT2D eigenvalue weighted by atomic mass is 31.2. The van der Waals surface area contributed by atoms with Gasteiger partial charge in [0.15, 0.2) is 0 Å². The molecule has 4 heteroatoms. The first-order valence-corrected chi connectivity index (χ1v) is 6.21. The van der Waals surface area contributed by atoms with Gasteiger partial charge in [-0.2, -0.15) is 0 Å². The van der Waals surface area contributed by atoms with E-state index in [9.17, 15) is 4.89 Å². The third-order valence-corrected chi connectivity index (χ3v) is 1.91. The first-order chi connectivity index (χ1) is 4.95. The topological polar surface area (TPSA) is 38.7 Å². The standard InChI is InChI=1S/C7H18O3P/c1-7(5-9-2)6-10-11(3,4)8/h7-8H,5-6H2,1-4H3/q+1. The second kappa shape index (κ2) is 5.04. The zero-order chi connectivity index (χ0) is 8.91. The van der Waals surface area contributed by atoms with Crippen LogP contribution in [-0.4, -0.2) is 38.5 Å². The fraction of sp³-hybridized carbons (Fsp3) is 1.00. The van der Waals surface area contributed by atoms with Gasteiger partial charge in [-0.3, -0.25) is 0 Å². The van der Waals surface area contributed by atoms with Crippen molar-refractivity contribution in [3.05, 3.63) is 0 Å². The number of hydrogen-bond donors (Lipinski definition) is 1. The third-order valence-electron chi connectivity index (χ3n) is 1.13. The number of methoxy groups -OCH3 is 1. The molecule has 11 heavy (non-hydrogen) atoms. The monoisotopic (exact) mass is 181 g/mol. The van der Waals surface area contributed by atoms with Crippen LogP contribution in [0.4, 0.5) is 0 Å². The van der Waals surface area contributed by atoms with Crippen LogP contribution >= 0.6 is 7.72 Å². The van der Waals surface area contributed by atoms with Gasteiger partial charge >= 0.3 is 0 Å². The summed E-state index contributed by atoms with van der Waals surface area (Å²) in [6, 6.07) is 0. The lowest BCUT2D eigenvalue weighted by Gasteiger charge is -2.12. The summed E-state index contributed by atoms with van der Waals surface area (Å²) >= 11 is 0. The first kappa shape index (κ1) is 11.3. The molecule has 1 unspecified atom stereocenters. The van der Waals surface area contributed by atoms with Crippen molar-refractivity contribution in [2.75, 3.05) is 33.7 Å². The van der Waals surface area contributed by atoms with Gasteiger partial charge in [-0.15, -0.1) is 0 Å². The molecule has 0 saturated carbocycles. The largest absolute Gasteiger partial charge is 0.384 e. The summed E-state index contributed by atoms with van der Waals surface area (Å²) in [5.74, 6) is 0.353. The highest BCUT2D eigenvalue weighted by Crippen LogP contribution is 2.47. The van der Waals surface area contributed by atoms with E-state index in [4.69, 9.17) is 9.26 Å². The van der Waals surface area contributed by atoms with Crippen molar-refractivity contribution in [3.63, 3.8) is 0 Å². The minimum absolute atomic E-state index is 0.353. The molecule has 0 aliphatic rings. The van der Waals surface area contributed by atoms with E-state index in [0.29, 0.717) is 19.1 Å². The molecule has 0 amide bonds. The lowest BCUT2D eigenvalue weighted by molar-refractivity contribution is 0.126. The first-order valence-electron chi connectivity index (χ1n) is 3.66. The SMILES string of the molecule is COCC(C)CO[P+](C)(C)O. The van der Waals surface area contributed by atoms with E-state index in [2.05, 4.69) is 0 Å². The van der Waals surface area contributed by atoms with Crippen LogP contribution in [0.15, 0.2) is 0 Å². The zero-order valence-electron chi connectivity index (χ0n) is 7.70. The van der Waals surface area contributed by atoms with Crippen LogP contribution in [0.1, 0.15) is 6.92 Å². The molecule has 0 aromatic heterocycles. The second-order valence-corrected chi connectivity index (χ2v) is 6.00. The summed E-state index contributed by atoms with van der Waals surface area (Å²) in [4.78, 5) is 9.28. The number of hydrogen-bond acceptors (Lipinski definition) is 3. The molecule has 0 radical (unpaired) electrons. The summed E-state index contributed by atoms with van der Waals surface area (Å²) in [5.41, 5.74) is 0. The van der Waals surface area contributed by atoms with E-state index < -0.39 is 7.72 Å². The van der Waals surface area contributed by atoms with Gasteiger partial charge in [0, 0.05) is 13.0 Å². The minimum Gasteiger partial charge on any atom is -0.384 e. The summed E-state index contributed by atoms with van der Waals surface area (Å²) < 4.78 is 10.1. The minimum atomic E-state index is -2.05. The lowest BCUT2D eigenvalue weighted by atomic mass is 10.2. The molecule has 0 spiro atoms. The quantitative estimate of drug-likeness (QED) is 0.651. The lowest BCUT2D eigenvalue weighted by Crippen LogP contribution is -2.11. The molecular formula is C7H18O3P+. The highest BCUT2D eigenvalue weighted by Gasteiger charge is 2.23. The van der Waals surface area contributed by atoms with E-state index >= 15 is 0 Å². The van der Waals surface area contributed by atoms with Gasteiger partial charge in [0.05, 0.1) is 13.2 Å². The van der Waals surface area contributed by atoms with Crippen LogP contribution in [0.5, 0.6) is 0 Å². The van der Waals surface area contributed by atoms with Crippen LogP contribution in [0.2, 0.25) is 0 Å². The van der Waals surface area contributed by atoms with Gasteiger partial charge < -0.3 is 4.74 Å². The molecule has 0 fully saturated rings. The van der Waals surface area contributed by atoms with E-state index in [0.717, 1.165) is 0 Å². The maximum Gasteiger partial charge on any atom is 0.265 e. The molecule has 0 aliphatic carbocycles. The molecule has 0 heterocycles. The molecule has 68 valence electrons. The van der Waals surface area contributed by atoms with Crippen molar-refractivity contribution in [2.45, 2.75) is 6.92 Å². The second-order valence-electron chi connectivity index (χ2n) is 3.15. The van der Waals surface area contributed by atoms with Crippen molar-refractivity contribution in [1.82, 2.24) is 0 Å². The van der Waals surface area contributed by atoms with Gasteiger partial charge in [-0.05, 0) is 0 Å². The van der Waals surface area contributed by atoms with E-state index in [-0.39, 0.29) is 0 Å². The Bertz CT molecular complexity index is 100. The number of rotatable bonds is 5. The molecule has 0 bridgehead atoms. The molecule has 0 rings (SSSR count). The predicted molar refractivity (Wildman–Crippen MR) is 48.0 cm³/mol. The Labute approximate surface area is 69.2 Å². The molecule has 1 N–H and O–H groups in total. The van der Waals surface area contributed by atoms with E-state index in [1.807, 2.05) is 6.92 Å². The zero-order valence-corrected chi connectivity index (χ0v) is 8.60. The Morgan fingerprint density at radius 2 is 1.91 bits per heavy atom. The molecule has 0 aromatic carbocycles. The molecule has 1 atom stereocenters. The van der Waals surface area contributed by atoms with Crippen molar-refractivity contribution in [2.24, 2.45) is 5.92 Å². The maximum atomic E-state index is 9.28. The van der Waals surface area contributed by atoms with E-state index in [1.54, 1.807) is 20.4 Å². The summed E-state index contributed by atoms with van der Waals surface area (Å²) in [6.45, 7) is 6.74. The summed E-state index contributed by atoms with van der Waals surface area (Å²) in [5, 5.41) is 0.